The molecule has 0 spiro atoms. The molecule has 1 fully saturated rings. The summed E-state index contributed by atoms with van der Waals surface area (Å²) in [7, 11) is 0. The van der Waals surface area contributed by atoms with Crippen molar-refractivity contribution in [2.45, 2.75) is 10.9 Å². The van der Waals surface area contributed by atoms with E-state index in [-0.39, 0.29) is 17.7 Å². The van der Waals surface area contributed by atoms with E-state index in [1.807, 2.05) is 18.2 Å². The van der Waals surface area contributed by atoms with Crippen molar-refractivity contribution in [3.63, 3.8) is 0 Å². The molecule has 1 aromatic carbocycles. The molecular formula is C12H11BrN4O3. The number of alkyl halides is 1. The van der Waals surface area contributed by atoms with Gasteiger partial charge in [0.1, 0.15) is 6.04 Å². The topological polar surface area (TPSA) is 81.4 Å². The normalized spacial score (nSPS) is 24.2. The van der Waals surface area contributed by atoms with Crippen LogP contribution < -0.4 is 20.3 Å². The lowest BCUT2D eigenvalue weighted by atomic mass is 10.2. The number of hydrogen-bond donors (Lipinski definition) is 2. The van der Waals surface area contributed by atoms with Crippen LogP contribution in [0.25, 0.3) is 11.5 Å². The van der Waals surface area contributed by atoms with Crippen molar-refractivity contribution >= 4 is 15.9 Å². The van der Waals surface area contributed by atoms with Gasteiger partial charge in [-0.15, -0.1) is 10.2 Å². The Morgan fingerprint density at radius 2 is 2.10 bits per heavy atom. The summed E-state index contributed by atoms with van der Waals surface area (Å²) in [4.78, 5) is 0.215. The van der Waals surface area contributed by atoms with Crippen molar-refractivity contribution in [1.82, 2.24) is 21.0 Å². The average Bonchev–Trinajstić information content (AvgIpc) is 3.17. The second-order valence-electron chi connectivity index (χ2n) is 4.53. The van der Waals surface area contributed by atoms with Gasteiger partial charge >= 0.3 is 0 Å². The Morgan fingerprint density at radius 3 is 2.95 bits per heavy atom. The van der Waals surface area contributed by atoms with Crippen LogP contribution in [0.15, 0.2) is 22.6 Å². The fourth-order valence-electron chi connectivity index (χ4n) is 2.20. The highest BCUT2D eigenvalue weighted by atomic mass is 79.9. The van der Waals surface area contributed by atoms with E-state index in [1.54, 1.807) is 0 Å². The smallest absolute Gasteiger partial charge is 0.247 e. The van der Waals surface area contributed by atoms with Gasteiger partial charge in [-0.25, -0.2) is 5.43 Å². The monoisotopic (exact) mass is 338 g/mol. The van der Waals surface area contributed by atoms with Crippen molar-refractivity contribution in [1.29, 1.82) is 0 Å². The van der Waals surface area contributed by atoms with Crippen LogP contribution in [0.5, 0.6) is 11.5 Å². The minimum absolute atomic E-state index is 0.0368. The van der Waals surface area contributed by atoms with Gasteiger partial charge in [0.2, 0.25) is 18.6 Å². The van der Waals surface area contributed by atoms with E-state index < -0.39 is 0 Å². The third-order valence-electron chi connectivity index (χ3n) is 3.24. The Morgan fingerprint density at radius 1 is 1.20 bits per heavy atom. The van der Waals surface area contributed by atoms with Crippen molar-refractivity contribution in [3.8, 4) is 23.0 Å². The van der Waals surface area contributed by atoms with E-state index in [0.29, 0.717) is 17.5 Å². The molecule has 0 aliphatic carbocycles. The lowest BCUT2D eigenvalue weighted by Gasteiger charge is -2.06. The average molecular weight is 339 g/mol. The van der Waals surface area contributed by atoms with Crippen molar-refractivity contribution in [2.24, 2.45) is 0 Å². The number of nitrogens with one attached hydrogen (secondary N) is 2. The molecule has 2 N–H and O–H groups in total. The molecule has 2 aromatic rings. The molecule has 7 nitrogen and oxygen atoms in total. The Kier molecular flexibility index (Phi) is 2.86. The minimum atomic E-state index is -0.0368. The molecule has 2 aliphatic heterocycles. The van der Waals surface area contributed by atoms with E-state index in [0.717, 1.165) is 17.9 Å². The molecule has 0 radical (unpaired) electrons. The first-order valence-electron chi connectivity index (χ1n) is 6.17. The fourth-order valence-corrected chi connectivity index (χ4v) is 2.72. The predicted octanol–water partition coefficient (Wildman–Crippen LogP) is 1.38. The molecule has 0 saturated carbocycles. The number of halogens is 1. The molecule has 2 unspecified atom stereocenters. The minimum Gasteiger partial charge on any atom is -0.454 e. The molecule has 20 heavy (non-hydrogen) atoms. The molecule has 2 atom stereocenters. The zero-order chi connectivity index (χ0) is 13.5. The zero-order valence-corrected chi connectivity index (χ0v) is 11.9. The number of hydrazine groups is 1. The SMILES string of the molecule is BrC1CNNC1c1nnc(-c2ccc3c(c2)OCO3)o1. The van der Waals surface area contributed by atoms with Gasteiger partial charge in [-0.1, -0.05) is 15.9 Å². The Labute approximate surface area is 122 Å². The first-order chi connectivity index (χ1) is 9.81. The maximum absolute atomic E-state index is 5.73. The molecule has 0 bridgehead atoms. The molecule has 4 rings (SSSR count). The fraction of sp³-hybridized carbons (Fsp3) is 0.333. The maximum atomic E-state index is 5.73. The highest BCUT2D eigenvalue weighted by molar-refractivity contribution is 9.09. The van der Waals surface area contributed by atoms with Crippen LogP contribution in [0.2, 0.25) is 0 Å². The Bertz CT molecular complexity index is 647. The number of hydrogen-bond acceptors (Lipinski definition) is 7. The summed E-state index contributed by atoms with van der Waals surface area (Å²) in [6.45, 7) is 1.04. The highest BCUT2D eigenvalue weighted by Gasteiger charge is 2.30. The van der Waals surface area contributed by atoms with Crippen LogP contribution in [0.1, 0.15) is 11.9 Å². The van der Waals surface area contributed by atoms with Crippen molar-refractivity contribution < 1.29 is 13.9 Å². The van der Waals surface area contributed by atoms with Crippen LogP contribution in [-0.4, -0.2) is 28.4 Å². The highest BCUT2D eigenvalue weighted by Crippen LogP contribution is 2.36. The number of nitrogens with zero attached hydrogens (tertiary/aromatic N) is 2. The number of benzene rings is 1. The lowest BCUT2D eigenvalue weighted by molar-refractivity contribution is 0.174. The molecule has 104 valence electrons. The van der Waals surface area contributed by atoms with Crippen LogP contribution in [-0.2, 0) is 0 Å². The van der Waals surface area contributed by atoms with E-state index in [1.165, 1.54) is 0 Å². The number of ether oxygens (including phenoxy) is 2. The number of rotatable bonds is 2. The maximum Gasteiger partial charge on any atom is 0.247 e. The third-order valence-corrected chi connectivity index (χ3v) is 4.09. The summed E-state index contributed by atoms with van der Waals surface area (Å²) in [6.07, 6.45) is 0. The van der Waals surface area contributed by atoms with Gasteiger partial charge in [0.15, 0.2) is 11.5 Å². The predicted molar refractivity (Wildman–Crippen MR) is 72.5 cm³/mol. The first kappa shape index (κ1) is 12.1. The summed E-state index contributed by atoms with van der Waals surface area (Å²) in [6, 6.07) is 5.51. The Balaban J connectivity index is 1.64. The lowest BCUT2D eigenvalue weighted by Crippen LogP contribution is -2.25. The Hall–Kier alpha value is -1.64. The van der Waals surface area contributed by atoms with Gasteiger partial charge in [0.05, 0.1) is 4.83 Å². The van der Waals surface area contributed by atoms with Crippen LogP contribution in [0.4, 0.5) is 0 Å². The number of aromatic nitrogens is 2. The van der Waals surface area contributed by atoms with Gasteiger partial charge in [0, 0.05) is 12.1 Å². The standard InChI is InChI=1S/C12H11BrN4O3/c13-7-4-14-15-10(7)12-17-16-11(20-12)6-1-2-8-9(3-6)19-5-18-8/h1-3,7,10,14-15H,4-5H2. The molecular weight excluding hydrogens is 328 g/mol. The zero-order valence-electron chi connectivity index (χ0n) is 10.3. The van der Waals surface area contributed by atoms with E-state index in [2.05, 4.69) is 37.0 Å². The number of fused-ring (bicyclic) bond motifs is 1. The van der Waals surface area contributed by atoms with E-state index in [9.17, 15) is 0 Å². The molecule has 3 heterocycles. The molecule has 1 aromatic heterocycles. The first-order valence-corrected chi connectivity index (χ1v) is 7.09. The van der Waals surface area contributed by atoms with Gasteiger partial charge in [-0.2, -0.15) is 0 Å². The molecule has 1 saturated heterocycles. The van der Waals surface area contributed by atoms with Gasteiger partial charge < -0.3 is 13.9 Å². The van der Waals surface area contributed by atoms with Crippen LogP contribution >= 0.6 is 15.9 Å². The largest absolute Gasteiger partial charge is 0.454 e. The van der Waals surface area contributed by atoms with E-state index >= 15 is 0 Å². The van der Waals surface area contributed by atoms with Gasteiger partial charge in [-0.05, 0) is 18.2 Å². The summed E-state index contributed by atoms with van der Waals surface area (Å²) < 4.78 is 16.4. The quantitative estimate of drug-likeness (QED) is 0.800. The van der Waals surface area contributed by atoms with Crippen molar-refractivity contribution in [3.05, 3.63) is 24.1 Å². The van der Waals surface area contributed by atoms with E-state index in [4.69, 9.17) is 13.9 Å². The van der Waals surface area contributed by atoms with Crippen molar-refractivity contribution in [2.75, 3.05) is 13.3 Å². The van der Waals surface area contributed by atoms with Gasteiger partial charge in [-0.3, -0.25) is 5.43 Å². The molecule has 2 aliphatic rings. The molecule has 0 amide bonds. The van der Waals surface area contributed by atoms with Gasteiger partial charge in [0.25, 0.3) is 0 Å². The summed E-state index contributed by atoms with van der Waals surface area (Å²) >= 11 is 3.56. The summed E-state index contributed by atoms with van der Waals surface area (Å²) in [5.41, 5.74) is 6.94. The van der Waals surface area contributed by atoms with Crippen LogP contribution in [0.3, 0.4) is 0 Å². The second kappa shape index (κ2) is 4.72. The summed E-state index contributed by atoms with van der Waals surface area (Å²) in [5, 5.41) is 8.19. The third kappa shape index (κ3) is 1.96. The summed E-state index contributed by atoms with van der Waals surface area (Å²) in [5.74, 6) is 2.44. The second-order valence-corrected chi connectivity index (χ2v) is 5.71. The van der Waals surface area contributed by atoms with Crippen LogP contribution in [0, 0.1) is 0 Å². The molecule has 8 heteroatoms.